The third-order valence-electron chi connectivity index (χ3n) is 1.24. The molecule has 1 N–H and O–H groups in total. The standard InChI is InChI=1S/C7H6O4S/c8-7(12(9,10)11)6-4-2-1-3-5-6/h1-5H,(H,9,10,11). The normalized spacial score (nSPS) is 11.1. The third kappa shape index (κ3) is 1.90. The van der Waals surface area contributed by atoms with Crippen LogP contribution in [0.5, 0.6) is 0 Å². The first-order valence-electron chi connectivity index (χ1n) is 3.08. The van der Waals surface area contributed by atoms with Crippen molar-refractivity contribution in [2.45, 2.75) is 0 Å². The predicted octanol–water partition coefficient (Wildman–Crippen LogP) is 0.715. The minimum absolute atomic E-state index is 0.0417. The molecule has 0 heterocycles. The first kappa shape index (κ1) is 8.89. The summed E-state index contributed by atoms with van der Waals surface area (Å²) in [5.74, 6) is 0. The van der Waals surface area contributed by atoms with Gasteiger partial charge in [0.15, 0.2) is 0 Å². The molecular formula is C7H6O4S. The average Bonchev–Trinajstić information content (AvgIpc) is 2.03. The van der Waals surface area contributed by atoms with Crippen LogP contribution in [0.15, 0.2) is 30.3 Å². The van der Waals surface area contributed by atoms with E-state index in [-0.39, 0.29) is 5.56 Å². The van der Waals surface area contributed by atoms with Crippen LogP contribution in [0.3, 0.4) is 0 Å². The summed E-state index contributed by atoms with van der Waals surface area (Å²) < 4.78 is 29.0. The molecule has 0 aliphatic carbocycles. The van der Waals surface area contributed by atoms with E-state index in [4.69, 9.17) is 4.55 Å². The van der Waals surface area contributed by atoms with Crippen molar-refractivity contribution in [2.24, 2.45) is 0 Å². The quantitative estimate of drug-likeness (QED) is 0.656. The topological polar surface area (TPSA) is 71.4 Å². The molecule has 0 amide bonds. The zero-order valence-corrected chi connectivity index (χ0v) is 6.78. The Labute approximate surface area is 69.6 Å². The summed E-state index contributed by atoms with van der Waals surface area (Å²) in [6.45, 7) is 0. The zero-order valence-electron chi connectivity index (χ0n) is 5.97. The smallest absolute Gasteiger partial charge is 0.279 e. The van der Waals surface area contributed by atoms with E-state index in [1.165, 1.54) is 24.3 Å². The van der Waals surface area contributed by atoms with Crippen molar-refractivity contribution in [1.82, 2.24) is 0 Å². The molecule has 0 atom stereocenters. The fourth-order valence-electron chi connectivity index (χ4n) is 0.723. The molecule has 12 heavy (non-hydrogen) atoms. The number of rotatable bonds is 1. The minimum atomic E-state index is -4.59. The molecule has 0 aliphatic heterocycles. The molecule has 5 heteroatoms. The lowest BCUT2D eigenvalue weighted by molar-refractivity contribution is 0.106. The van der Waals surface area contributed by atoms with Gasteiger partial charge in [-0.25, -0.2) is 0 Å². The second-order valence-corrected chi connectivity index (χ2v) is 3.45. The molecule has 0 radical (unpaired) electrons. The van der Waals surface area contributed by atoms with E-state index in [1.807, 2.05) is 0 Å². The van der Waals surface area contributed by atoms with Crippen molar-refractivity contribution in [2.75, 3.05) is 0 Å². The lowest BCUT2D eigenvalue weighted by Crippen LogP contribution is -2.12. The van der Waals surface area contributed by atoms with Crippen LogP contribution >= 0.6 is 0 Å². The summed E-state index contributed by atoms with van der Waals surface area (Å²) in [5, 5.41) is -1.27. The maximum absolute atomic E-state index is 10.8. The Morgan fingerprint density at radius 1 is 1.17 bits per heavy atom. The Kier molecular flexibility index (Phi) is 2.25. The van der Waals surface area contributed by atoms with Crippen LogP contribution in [0.4, 0.5) is 0 Å². The van der Waals surface area contributed by atoms with Gasteiger partial charge in [-0.3, -0.25) is 9.35 Å². The van der Waals surface area contributed by atoms with Gasteiger partial charge in [-0.1, -0.05) is 30.3 Å². The van der Waals surface area contributed by atoms with Crippen LogP contribution < -0.4 is 0 Å². The van der Waals surface area contributed by atoms with Gasteiger partial charge in [0.05, 0.1) is 0 Å². The van der Waals surface area contributed by atoms with Gasteiger partial charge in [-0.05, 0) is 0 Å². The van der Waals surface area contributed by atoms with Crippen molar-refractivity contribution in [3.8, 4) is 0 Å². The molecule has 1 aromatic rings. The zero-order chi connectivity index (χ0) is 9.19. The molecule has 4 nitrogen and oxygen atoms in total. The lowest BCUT2D eigenvalue weighted by atomic mass is 10.2. The third-order valence-corrected chi connectivity index (χ3v) is 1.95. The van der Waals surface area contributed by atoms with Crippen LogP contribution in [0.25, 0.3) is 0 Å². The largest absolute Gasteiger partial charge is 0.333 e. The lowest BCUT2D eigenvalue weighted by Gasteiger charge is -1.94. The Morgan fingerprint density at radius 3 is 2.08 bits per heavy atom. The van der Waals surface area contributed by atoms with Gasteiger partial charge < -0.3 is 0 Å². The predicted molar refractivity (Wildman–Crippen MR) is 42.3 cm³/mol. The Bertz CT molecular complexity index is 379. The first-order chi connectivity index (χ1) is 5.52. The monoisotopic (exact) mass is 186 g/mol. The number of carbonyl (C=O) groups excluding carboxylic acids is 1. The van der Waals surface area contributed by atoms with Crippen molar-refractivity contribution in [1.29, 1.82) is 0 Å². The van der Waals surface area contributed by atoms with Gasteiger partial charge in [-0.15, -0.1) is 0 Å². The highest BCUT2D eigenvalue weighted by atomic mass is 32.2. The summed E-state index contributed by atoms with van der Waals surface area (Å²) in [6, 6.07) is 7.30. The van der Waals surface area contributed by atoms with Gasteiger partial charge in [-0.2, -0.15) is 8.42 Å². The molecule has 1 rings (SSSR count). The van der Waals surface area contributed by atoms with E-state index in [0.29, 0.717) is 0 Å². The van der Waals surface area contributed by atoms with Crippen molar-refractivity contribution in [3.05, 3.63) is 35.9 Å². The Morgan fingerprint density at radius 2 is 1.67 bits per heavy atom. The number of hydrogen-bond acceptors (Lipinski definition) is 3. The van der Waals surface area contributed by atoms with Crippen molar-refractivity contribution >= 4 is 15.2 Å². The van der Waals surface area contributed by atoms with E-state index in [9.17, 15) is 13.2 Å². The van der Waals surface area contributed by atoms with Crippen LogP contribution in [0, 0.1) is 0 Å². The minimum Gasteiger partial charge on any atom is -0.279 e. The molecule has 0 aliphatic rings. The summed E-state index contributed by atoms with van der Waals surface area (Å²) in [5.41, 5.74) is -0.0417. The maximum atomic E-state index is 10.8. The highest BCUT2D eigenvalue weighted by molar-refractivity contribution is 8.01. The summed E-state index contributed by atoms with van der Waals surface area (Å²) in [7, 11) is -4.59. The molecule has 0 saturated carbocycles. The van der Waals surface area contributed by atoms with Crippen LogP contribution in [0.1, 0.15) is 10.4 Å². The molecule has 0 aromatic heterocycles. The van der Waals surface area contributed by atoms with E-state index in [1.54, 1.807) is 6.07 Å². The van der Waals surface area contributed by atoms with Gasteiger partial charge in [0, 0.05) is 5.56 Å². The summed E-state index contributed by atoms with van der Waals surface area (Å²) in [4.78, 5) is 10.8. The number of hydrogen-bond donors (Lipinski definition) is 1. The van der Waals surface area contributed by atoms with E-state index >= 15 is 0 Å². The first-order valence-corrected chi connectivity index (χ1v) is 4.52. The average molecular weight is 186 g/mol. The van der Waals surface area contributed by atoms with E-state index in [0.717, 1.165) is 0 Å². The molecular weight excluding hydrogens is 180 g/mol. The summed E-state index contributed by atoms with van der Waals surface area (Å²) in [6.07, 6.45) is 0. The molecule has 0 bridgehead atoms. The number of carbonyl (C=O) groups is 1. The maximum Gasteiger partial charge on any atom is 0.333 e. The molecule has 1 aromatic carbocycles. The van der Waals surface area contributed by atoms with Gasteiger partial charge in [0.1, 0.15) is 0 Å². The molecule has 0 spiro atoms. The molecule has 0 unspecified atom stereocenters. The van der Waals surface area contributed by atoms with Gasteiger partial charge >= 0.3 is 15.2 Å². The van der Waals surface area contributed by atoms with Crippen molar-refractivity contribution < 1.29 is 17.8 Å². The van der Waals surface area contributed by atoms with Gasteiger partial charge in [0.2, 0.25) is 0 Å². The Hall–Kier alpha value is -1.20. The van der Waals surface area contributed by atoms with Crippen LogP contribution in [-0.4, -0.2) is 18.1 Å². The second kappa shape index (κ2) is 3.04. The van der Waals surface area contributed by atoms with Crippen LogP contribution in [-0.2, 0) is 10.1 Å². The van der Waals surface area contributed by atoms with Gasteiger partial charge in [0.25, 0.3) is 0 Å². The highest BCUT2D eigenvalue weighted by Gasteiger charge is 2.19. The second-order valence-electron chi connectivity index (χ2n) is 2.13. The summed E-state index contributed by atoms with van der Waals surface area (Å²) >= 11 is 0. The fraction of sp³-hybridized carbons (Fsp3) is 0. The highest BCUT2D eigenvalue weighted by Crippen LogP contribution is 2.03. The molecule has 0 fully saturated rings. The van der Waals surface area contributed by atoms with Crippen LogP contribution in [0.2, 0.25) is 0 Å². The Balaban J connectivity index is 3.11. The fourth-order valence-corrected chi connectivity index (χ4v) is 1.16. The van der Waals surface area contributed by atoms with E-state index in [2.05, 4.69) is 0 Å². The number of benzene rings is 1. The molecule has 64 valence electrons. The van der Waals surface area contributed by atoms with Crippen molar-refractivity contribution in [3.63, 3.8) is 0 Å². The SMILES string of the molecule is O=C(c1ccccc1)S(=O)(=O)O. The molecule has 0 saturated heterocycles. The van der Waals surface area contributed by atoms with E-state index < -0.39 is 15.2 Å².